The van der Waals surface area contributed by atoms with Gasteiger partial charge in [0.2, 0.25) is 5.76 Å². The summed E-state index contributed by atoms with van der Waals surface area (Å²) in [7, 11) is 0. The van der Waals surface area contributed by atoms with Crippen molar-refractivity contribution < 1.29 is 14.3 Å². The molecule has 0 amide bonds. The molecule has 0 saturated heterocycles. The molecule has 0 bridgehead atoms. The SMILES string of the molecule is CC(NCCN)c1ccc(C(=O)O)o1. The lowest BCUT2D eigenvalue weighted by atomic mass is 10.2. The average Bonchev–Trinajstić information content (AvgIpc) is 2.62. The second kappa shape index (κ2) is 4.78. The van der Waals surface area contributed by atoms with Gasteiger partial charge in [0.1, 0.15) is 5.76 Å². The number of carbonyl (C=O) groups is 1. The van der Waals surface area contributed by atoms with E-state index in [1.807, 2.05) is 6.92 Å². The average molecular weight is 198 g/mol. The van der Waals surface area contributed by atoms with E-state index in [0.29, 0.717) is 18.8 Å². The van der Waals surface area contributed by atoms with Crippen molar-refractivity contribution in [3.63, 3.8) is 0 Å². The van der Waals surface area contributed by atoms with E-state index in [1.54, 1.807) is 6.07 Å². The molecule has 1 rings (SSSR count). The van der Waals surface area contributed by atoms with Crippen molar-refractivity contribution in [2.75, 3.05) is 13.1 Å². The van der Waals surface area contributed by atoms with Gasteiger partial charge in [-0.3, -0.25) is 0 Å². The third kappa shape index (κ3) is 2.58. The molecule has 0 aromatic carbocycles. The van der Waals surface area contributed by atoms with Crippen LogP contribution in [0.25, 0.3) is 0 Å². The van der Waals surface area contributed by atoms with Gasteiger partial charge in [0.05, 0.1) is 6.04 Å². The van der Waals surface area contributed by atoms with Crippen molar-refractivity contribution in [1.29, 1.82) is 0 Å². The zero-order chi connectivity index (χ0) is 10.6. The van der Waals surface area contributed by atoms with Gasteiger partial charge in [-0.05, 0) is 19.1 Å². The van der Waals surface area contributed by atoms with Crippen LogP contribution in [0.15, 0.2) is 16.5 Å². The summed E-state index contributed by atoms with van der Waals surface area (Å²) < 4.78 is 5.10. The molecule has 1 aromatic heterocycles. The fourth-order valence-corrected chi connectivity index (χ4v) is 1.10. The molecule has 4 N–H and O–H groups in total. The number of hydrogen-bond donors (Lipinski definition) is 3. The number of nitrogens with two attached hydrogens (primary N) is 1. The molecule has 0 aliphatic rings. The minimum absolute atomic E-state index is 0.0216. The van der Waals surface area contributed by atoms with Crippen molar-refractivity contribution in [2.45, 2.75) is 13.0 Å². The Bertz CT molecular complexity index is 309. The van der Waals surface area contributed by atoms with E-state index in [4.69, 9.17) is 15.3 Å². The molecule has 0 aliphatic heterocycles. The first-order chi connectivity index (χ1) is 6.65. The smallest absolute Gasteiger partial charge is 0.371 e. The summed E-state index contributed by atoms with van der Waals surface area (Å²) >= 11 is 0. The van der Waals surface area contributed by atoms with Crippen LogP contribution in [-0.4, -0.2) is 24.2 Å². The summed E-state index contributed by atoms with van der Waals surface area (Å²) in [5.41, 5.74) is 5.32. The Morgan fingerprint density at radius 2 is 2.43 bits per heavy atom. The first kappa shape index (κ1) is 10.7. The second-order valence-electron chi connectivity index (χ2n) is 2.97. The van der Waals surface area contributed by atoms with E-state index < -0.39 is 5.97 Å². The first-order valence-electron chi connectivity index (χ1n) is 4.41. The molecule has 78 valence electrons. The highest BCUT2D eigenvalue weighted by atomic mass is 16.4. The van der Waals surface area contributed by atoms with E-state index >= 15 is 0 Å². The highest BCUT2D eigenvalue weighted by molar-refractivity contribution is 5.84. The third-order valence-electron chi connectivity index (χ3n) is 1.86. The van der Waals surface area contributed by atoms with Gasteiger partial charge in [0.15, 0.2) is 0 Å². The van der Waals surface area contributed by atoms with Crippen LogP contribution in [0.5, 0.6) is 0 Å². The largest absolute Gasteiger partial charge is 0.475 e. The second-order valence-corrected chi connectivity index (χ2v) is 2.97. The minimum Gasteiger partial charge on any atom is -0.475 e. The van der Waals surface area contributed by atoms with Crippen LogP contribution in [0.4, 0.5) is 0 Å². The van der Waals surface area contributed by atoms with Gasteiger partial charge in [-0.15, -0.1) is 0 Å². The van der Waals surface area contributed by atoms with Crippen molar-refractivity contribution in [2.24, 2.45) is 5.73 Å². The Morgan fingerprint density at radius 1 is 1.71 bits per heavy atom. The zero-order valence-electron chi connectivity index (χ0n) is 7.99. The lowest BCUT2D eigenvalue weighted by molar-refractivity contribution is 0.0659. The van der Waals surface area contributed by atoms with Crippen LogP contribution in [0.3, 0.4) is 0 Å². The maximum Gasteiger partial charge on any atom is 0.371 e. The molecule has 0 saturated carbocycles. The number of rotatable bonds is 5. The predicted octanol–water partition coefficient (Wildman–Crippen LogP) is 0.587. The Kier molecular flexibility index (Phi) is 3.67. The van der Waals surface area contributed by atoms with E-state index in [0.717, 1.165) is 0 Å². The molecule has 0 fully saturated rings. The third-order valence-corrected chi connectivity index (χ3v) is 1.86. The van der Waals surface area contributed by atoms with Crippen LogP contribution in [0.2, 0.25) is 0 Å². The van der Waals surface area contributed by atoms with Gasteiger partial charge in [0.25, 0.3) is 0 Å². The number of carboxylic acids is 1. The van der Waals surface area contributed by atoms with E-state index in [9.17, 15) is 4.79 Å². The van der Waals surface area contributed by atoms with Gasteiger partial charge in [-0.2, -0.15) is 0 Å². The molecule has 1 unspecified atom stereocenters. The maximum atomic E-state index is 10.5. The topological polar surface area (TPSA) is 88.5 Å². The summed E-state index contributed by atoms with van der Waals surface area (Å²) in [4.78, 5) is 10.5. The number of hydrogen-bond acceptors (Lipinski definition) is 4. The summed E-state index contributed by atoms with van der Waals surface area (Å²) in [5.74, 6) is -0.487. The van der Waals surface area contributed by atoms with Gasteiger partial charge in [0, 0.05) is 13.1 Å². The number of furan rings is 1. The maximum absolute atomic E-state index is 10.5. The minimum atomic E-state index is -1.05. The Balaban J connectivity index is 2.61. The fraction of sp³-hybridized carbons (Fsp3) is 0.444. The van der Waals surface area contributed by atoms with Crippen molar-refractivity contribution in [1.82, 2.24) is 5.32 Å². The monoisotopic (exact) mass is 198 g/mol. The van der Waals surface area contributed by atoms with E-state index in [1.165, 1.54) is 6.07 Å². The number of aromatic carboxylic acids is 1. The van der Waals surface area contributed by atoms with Crippen LogP contribution in [-0.2, 0) is 0 Å². The molecule has 0 radical (unpaired) electrons. The summed E-state index contributed by atoms with van der Waals surface area (Å²) in [6.07, 6.45) is 0. The standard InChI is InChI=1S/C9H14N2O3/c1-6(11-5-4-10)7-2-3-8(14-7)9(12)13/h2-3,6,11H,4-5,10H2,1H3,(H,12,13). The summed E-state index contributed by atoms with van der Waals surface area (Å²) in [6.45, 7) is 3.10. The van der Waals surface area contributed by atoms with Crippen molar-refractivity contribution in [3.8, 4) is 0 Å². The van der Waals surface area contributed by atoms with Crippen LogP contribution < -0.4 is 11.1 Å². The van der Waals surface area contributed by atoms with Crippen LogP contribution in [0, 0.1) is 0 Å². The molecular formula is C9H14N2O3. The van der Waals surface area contributed by atoms with Gasteiger partial charge in [-0.25, -0.2) is 4.79 Å². The van der Waals surface area contributed by atoms with Gasteiger partial charge >= 0.3 is 5.97 Å². The van der Waals surface area contributed by atoms with Crippen molar-refractivity contribution >= 4 is 5.97 Å². The highest BCUT2D eigenvalue weighted by Crippen LogP contribution is 2.15. The molecule has 1 heterocycles. The Hall–Kier alpha value is -1.33. The fourth-order valence-electron chi connectivity index (χ4n) is 1.10. The quantitative estimate of drug-likeness (QED) is 0.644. The lowest BCUT2D eigenvalue weighted by Crippen LogP contribution is -2.25. The summed E-state index contributed by atoms with van der Waals surface area (Å²) in [5, 5.41) is 11.7. The molecule has 5 nitrogen and oxygen atoms in total. The molecule has 0 spiro atoms. The zero-order valence-corrected chi connectivity index (χ0v) is 7.99. The molecule has 1 aromatic rings. The van der Waals surface area contributed by atoms with Gasteiger partial charge < -0.3 is 20.6 Å². The summed E-state index contributed by atoms with van der Waals surface area (Å²) in [6, 6.07) is 3.07. The van der Waals surface area contributed by atoms with Gasteiger partial charge in [-0.1, -0.05) is 0 Å². The van der Waals surface area contributed by atoms with Crippen LogP contribution >= 0.6 is 0 Å². The molecule has 0 aliphatic carbocycles. The molecule has 14 heavy (non-hydrogen) atoms. The predicted molar refractivity (Wildman–Crippen MR) is 51.1 cm³/mol. The first-order valence-corrected chi connectivity index (χ1v) is 4.41. The Morgan fingerprint density at radius 3 is 2.93 bits per heavy atom. The van der Waals surface area contributed by atoms with E-state index in [-0.39, 0.29) is 11.8 Å². The molecule has 5 heteroatoms. The highest BCUT2D eigenvalue weighted by Gasteiger charge is 2.12. The lowest BCUT2D eigenvalue weighted by Gasteiger charge is -2.09. The van der Waals surface area contributed by atoms with Crippen LogP contribution in [0.1, 0.15) is 29.3 Å². The number of carboxylic acid groups (broad SMARTS) is 1. The van der Waals surface area contributed by atoms with E-state index in [2.05, 4.69) is 5.32 Å². The molecular weight excluding hydrogens is 184 g/mol. The normalized spacial score (nSPS) is 12.7. The molecule has 1 atom stereocenters. The number of nitrogens with one attached hydrogen (secondary N) is 1. The van der Waals surface area contributed by atoms with Crippen molar-refractivity contribution in [3.05, 3.63) is 23.7 Å². The Labute approximate surface area is 81.9 Å².